The molecule has 1 aromatic heterocycles. The van der Waals surface area contributed by atoms with E-state index in [1.54, 1.807) is 30.3 Å². The summed E-state index contributed by atoms with van der Waals surface area (Å²) in [6.07, 6.45) is 1.04. The van der Waals surface area contributed by atoms with Crippen LogP contribution in [-0.4, -0.2) is 40.8 Å². The zero-order valence-corrected chi connectivity index (χ0v) is 17.7. The van der Waals surface area contributed by atoms with Crippen molar-refractivity contribution >= 4 is 34.4 Å². The van der Waals surface area contributed by atoms with Crippen molar-refractivity contribution in [1.82, 2.24) is 15.3 Å². The number of aromatic nitrogens is 2. The number of hydrogen-bond acceptors (Lipinski definition) is 5. The maximum Gasteiger partial charge on any atom is 0.407 e. The van der Waals surface area contributed by atoms with E-state index in [0.29, 0.717) is 34.8 Å². The Morgan fingerprint density at radius 2 is 1.93 bits per heavy atom. The van der Waals surface area contributed by atoms with Crippen LogP contribution in [-0.2, 0) is 4.74 Å². The van der Waals surface area contributed by atoms with Gasteiger partial charge in [0.05, 0.1) is 11.6 Å². The van der Waals surface area contributed by atoms with E-state index < -0.39 is 11.7 Å². The van der Waals surface area contributed by atoms with Gasteiger partial charge in [-0.25, -0.2) is 19.2 Å². The summed E-state index contributed by atoms with van der Waals surface area (Å²) in [6, 6.07) is 10.0. The Morgan fingerprint density at radius 1 is 1.20 bits per heavy atom. The minimum absolute atomic E-state index is 0.0296. The number of fused-ring (bicyclic) bond motifs is 1. The molecule has 0 radical (unpaired) electrons. The number of anilines is 1. The summed E-state index contributed by atoms with van der Waals surface area (Å²) in [6.45, 7) is 6.67. The number of nitrogens with one attached hydrogen (secondary N) is 1. The molecule has 0 saturated carbocycles. The van der Waals surface area contributed by atoms with Crippen molar-refractivity contribution in [3.05, 3.63) is 53.6 Å². The number of benzene rings is 2. The molecule has 1 N–H and O–H groups in total. The van der Waals surface area contributed by atoms with Crippen LogP contribution in [0, 0.1) is 5.82 Å². The number of nitrogens with zero attached hydrogens (tertiary/aromatic N) is 3. The summed E-state index contributed by atoms with van der Waals surface area (Å²) in [5, 5.41) is 4.05. The monoisotopic (exact) mass is 428 g/mol. The highest BCUT2D eigenvalue weighted by molar-refractivity contribution is 6.34. The first kappa shape index (κ1) is 20.3. The molecular formula is C22H22ClFN4O2. The largest absolute Gasteiger partial charge is 0.444 e. The van der Waals surface area contributed by atoms with Crippen molar-refractivity contribution in [2.75, 3.05) is 18.0 Å². The molecule has 156 valence electrons. The standard InChI is InChI=1S/C22H22ClFN4O2/c1-22(2,3)30-21(29)27-13-10-28(11-13)20-16-8-17(23)15(9-19(16)25-12-26-20)14-6-4-5-7-18(14)24/h4-9,12-13H,10-11H2,1-3H3,(H,27,29). The number of ether oxygens (including phenoxy) is 1. The van der Waals surface area contributed by atoms with Crippen LogP contribution in [0.4, 0.5) is 15.0 Å². The van der Waals surface area contributed by atoms with Crippen LogP contribution in [0.1, 0.15) is 20.8 Å². The molecule has 30 heavy (non-hydrogen) atoms. The predicted octanol–water partition coefficient (Wildman–Crippen LogP) is 4.80. The lowest BCUT2D eigenvalue weighted by Gasteiger charge is -2.40. The second-order valence-electron chi connectivity index (χ2n) is 8.27. The summed E-state index contributed by atoms with van der Waals surface area (Å²) < 4.78 is 19.5. The van der Waals surface area contributed by atoms with Crippen molar-refractivity contribution < 1.29 is 13.9 Å². The number of halogens is 2. The van der Waals surface area contributed by atoms with Crippen LogP contribution in [0.25, 0.3) is 22.0 Å². The molecular weight excluding hydrogens is 407 g/mol. The van der Waals surface area contributed by atoms with Gasteiger partial charge in [0.15, 0.2) is 0 Å². The lowest BCUT2D eigenvalue weighted by atomic mass is 10.0. The number of carbonyl (C=O) groups is 1. The first-order valence-corrected chi connectivity index (χ1v) is 10.0. The number of carbonyl (C=O) groups excluding carboxylic acids is 1. The first-order chi connectivity index (χ1) is 14.2. The quantitative estimate of drug-likeness (QED) is 0.648. The second-order valence-corrected chi connectivity index (χ2v) is 8.68. The highest BCUT2D eigenvalue weighted by Crippen LogP contribution is 2.36. The molecule has 1 amide bonds. The molecule has 0 atom stereocenters. The average molecular weight is 429 g/mol. The van der Waals surface area contributed by atoms with Crippen LogP contribution < -0.4 is 10.2 Å². The molecule has 0 spiro atoms. The average Bonchev–Trinajstić information content (AvgIpc) is 2.63. The van der Waals surface area contributed by atoms with Crippen LogP contribution in [0.2, 0.25) is 5.02 Å². The third-order valence-electron chi connectivity index (χ3n) is 4.77. The van der Waals surface area contributed by atoms with E-state index in [4.69, 9.17) is 16.3 Å². The Morgan fingerprint density at radius 3 is 2.63 bits per heavy atom. The van der Waals surface area contributed by atoms with Crippen molar-refractivity contribution in [2.24, 2.45) is 0 Å². The third-order valence-corrected chi connectivity index (χ3v) is 5.08. The zero-order valence-electron chi connectivity index (χ0n) is 16.9. The molecule has 4 rings (SSSR count). The molecule has 3 aromatic rings. The van der Waals surface area contributed by atoms with Gasteiger partial charge in [0, 0.05) is 34.6 Å². The van der Waals surface area contributed by atoms with Gasteiger partial charge in [-0.1, -0.05) is 29.8 Å². The zero-order chi connectivity index (χ0) is 21.5. The minimum Gasteiger partial charge on any atom is -0.444 e. The molecule has 0 aliphatic carbocycles. The molecule has 1 saturated heterocycles. The summed E-state index contributed by atoms with van der Waals surface area (Å²) in [5.41, 5.74) is 1.14. The van der Waals surface area contributed by atoms with Gasteiger partial charge in [-0.3, -0.25) is 0 Å². The van der Waals surface area contributed by atoms with Gasteiger partial charge in [0.2, 0.25) is 0 Å². The van der Waals surface area contributed by atoms with E-state index in [0.717, 1.165) is 11.2 Å². The lowest BCUT2D eigenvalue weighted by Crippen LogP contribution is -2.60. The van der Waals surface area contributed by atoms with Crippen molar-refractivity contribution in [2.45, 2.75) is 32.4 Å². The maximum absolute atomic E-state index is 14.2. The first-order valence-electron chi connectivity index (χ1n) is 9.65. The van der Waals surface area contributed by atoms with E-state index in [2.05, 4.69) is 15.3 Å². The van der Waals surface area contributed by atoms with Crippen molar-refractivity contribution in [1.29, 1.82) is 0 Å². The molecule has 0 unspecified atom stereocenters. The molecule has 2 heterocycles. The lowest BCUT2D eigenvalue weighted by molar-refractivity contribution is 0.0496. The van der Waals surface area contributed by atoms with Crippen LogP contribution >= 0.6 is 11.6 Å². The summed E-state index contributed by atoms with van der Waals surface area (Å²) in [5.74, 6) is 0.385. The molecule has 1 aliphatic heterocycles. The van der Waals surface area contributed by atoms with E-state index in [9.17, 15) is 9.18 Å². The van der Waals surface area contributed by atoms with Gasteiger partial charge in [0.1, 0.15) is 23.6 Å². The third kappa shape index (κ3) is 4.16. The van der Waals surface area contributed by atoms with E-state index in [-0.39, 0.29) is 11.9 Å². The van der Waals surface area contributed by atoms with Crippen molar-refractivity contribution in [3.8, 4) is 11.1 Å². The minimum atomic E-state index is -0.539. The van der Waals surface area contributed by atoms with Gasteiger partial charge in [0.25, 0.3) is 0 Å². The highest BCUT2D eigenvalue weighted by Gasteiger charge is 2.31. The molecule has 8 heteroatoms. The fourth-order valence-corrected chi connectivity index (χ4v) is 3.68. The summed E-state index contributed by atoms with van der Waals surface area (Å²) in [4.78, 5) is 22.7. The Hall–Kier alpha value is -2.93. The van der Waals surface area contributed by atoms with Gasteiger partial charge >= 0.3 is 6.09 Å². The highest BCUT2D eigenvalue weighted by atomic mass is 35.5. The number of amides is 1. The Balaban J connectivity index is 1.55. The Kier molecular flexibility index (Phi) is 5.24. The maximum atomic E-state index is 14.2. The Bertz CT molecular complexity index is 1110. The molecule has 6 nitrogen and oxygen atoms in total. The topological polar surface area (TPSA) is 67.3 Å². The van der Waals surface area contributed by atoms with Gasteiger partial charge in [-0.05, 0) is 39.0 Å². The number of rotatable bonds is 3. The second kappa shape index (κ2) is 7.72. The van der Waals surface area contributed by atoms with E-state index in [1.807, 2.05) is 25.7 Å². The summed E-state index contributed by atoms with van der Waals surface area (Å²) >= 11 is 6.49. The fourth-order valence-electron chi connectivity index (χ4n) is 3.42. The normalized spacial score (nSPS) is 14.5. The van der Waals surface area contributed by atoms with E-state index >= 15 is 0 Å². The molecule has 2 aromatic carbocycles. The number of hydrogen-bond donors (Lipinski definition) is 1. The van der Waals surface area contributed by atoms with Gasteiger partial charge < -0.3 is 15.0 Å². The Labute approximate surface area is 179 Å². The molecule has 1 fully saturated rings. The molecule has 1 aliphatic rings. The smallest absolute Gasteiger partial charge is 0.407 e. The predicted molar refractivity (Wildman–Crippen MR) is 115 cm³/mol. The van der Waals surface area contributed by atoms with Crippen molar-refractivity contribution in [3.63, 3.8) is 0 Å². The summed E-state index contributed by atoms with van der Waals surface area (Å²) in [7, 11) is 0. The number of alkyl carbamates (subject to hydrolysis) is 1. The van der Waals surface area contributed by atoms with E-state index in [1.165, 1.54) is 12.4 Å². The van der Waals surface area contributed by atoms with Crippen LogP contribution in [0.5, 0.6) is 0 Å². The SMILES string of the molecule is CC(C)(C)OC(=O)NC1CN(c2ncnc3cc(-c4ccccc4F)c(Cl)cc23)C1. The fraction of sp³-hybridized carbons (Fsp3) is 0.318. The van der Waals surface area contributed by atoms with Gasteiger partial charge in [-0.2, -0.15) is 0 Å². The van der Waals surface area contributed by atoms with Crippen LogP contribution in [0.15, 0.2) is 42.7 Å². The van der Waals surface area contributed by atoms with Crippen LogP contribution in [0.3, 0.4) is 0 Å². The molecule has 0 bridgehead atoms. The van der Waals surface area contributed by atoms with Gasteiger partial charge in [-0.15, -0.1) is 0 Å².